The van der Waals surface area contributed by atoms with Gasteiger partial charge in [-0.1, -0.05) is 6.07 Å². The van der Waals surface area contributed by atoms with Crippen LogP contribution in [0.2, 0.25) is 0 Å². The van der Waals surface area contributed by atoms with E-state index in [1.165, 1.54) is 19.2 Å². The van der Waals surface area contributed by atoms with Crippen molar-refractivity contribution < 1.29 is 14.5 Å². The first-order chi connectivity index (χ1) is 8.46. The third-order valence-corrected chi connectivity index (χ3v) is 3.25. The van der Waals surface area contributed by atoms with E-state index in [0.29, 0.717) is 18.5 Å². The lowest BCUT2D eigenvalue weighted by molar-refractivity contribution is -0.384. The maximum atomic E-state index is 11.7. The fourth-order valence-corrected chi connectivity index (χ4v) is 2.14. The van der Waals surface area contributed by atoms with E-state index in [9.17, 15) is 14.9 Å². The zero-order valence-electron chi connectivity index (χ0n) is 10.2. The van der Waals surface area contributed by atoms with Crippen LogP contribution in [0, 0.1) is 10.1 Å². The quantitative estimate of drug-likeness (QED) is 0.492. The number of hydrogen-bond acceptors (Lipinski definition) is 5. The van der Waals surface area contributed by atoms with E-state index in [0.717, 1.165) is 5.56 Å². The Balaban J connectivity index is 2.35. The van der Waals surface area contributed by atoms with Gasteiger partial charge in [0.2, 0.25) is 0 Å². The molecule has 6 nitrogen and oxygen atoms in total. The van der Waals surface area contributed by atoms with Gasteiger partial charge in [-0.25, -0.2) is 4.79 Å². The Kier molecular flexibility index (Phi) is 2.94. The maximum absolute atomic E-state index is 11.7. The smallest absolute Gasteiger partial charge is 0.331 e. The van der Waals surface area contributed by atoms with Crippen LogP contribution in [0.3, 0.4) is 0 Å². The Morgan fingerprint density at radius 3 is 2.89 bits per heavy atom. The number of benzene rings is 1. The van der Waals surface area contributed by atoms with E-state index < -0.39 is 10.5 Å². The van der Waals surface area contributed by atoms with Crippen LogP contribution in [0.25, 0.3) is 0 Å². The predicted octanol–water partition coefficient (Wildman–Crippen LogP) is 1.88. The van der Waals surface area contributed by atoms with Crippen LogP contribution in [-0.4, -0.2) is 23.5 Å². The maximum Gasteiger partial charge on any atom is 0.331 e. The molecule has 0 spiro atoms. The molecule has 1 atom stereocenters. The fourth-order valence-electron chi connectivity index (χ4n) is 2.14. The SMILES string of the molecule is COC(=O)C1(C)CCc2ccc([N+](=O)[O-])cc2N1. The average molecular weight is 250 g/mol. The highest BCUT2D eigenvalue weighted by Gasteiger charge is 2.37. The van der Waals surface area contributed by atoms with Gasteiger partial charge >= 0.3 is 5.97 Å². The molecular formula is C12H14N2O4. The third kappa shape index (κ3) is 2.01. The van der Waals surface area contributed by atoms with Crippen molar-refractivity contribution in [1.82, 2.24) is 0 Å². The molecule has 96 valence electrons. The molecule has 0 aliphatic carbocycles. The summed E-state index contributed by atoms with van der Waals surface area (Å²) in [6, 6.07) is 4.65. The summed E-state index contributed by atoms with van der Waals surface area (Å²) in [5, 5.41) is 13.8. The number of nitrogens with zero attached hydrogens (tertiary/aromatic N) is 1. The molecule has 18 heavy (non-hydrogen) atoms. The molecule has 1 aromatic rings. The normalized spacial score (nSPS) is 21.7. The van der Waals surface area contributed by atoms with E-state index in [2.05, 4.69) is 5.32 Å². The number of methoxy groups -OCH3 is 1. The van der Waals surface area contributed by atoms with Crippen LogP contribution < -0.4 is 5.32 Å². The summed E-state index contributed by atoms with van der Waals surface area (Å²) in [7, 11) is 1.33. The molecular weight excluding hydrogens is 236 g/mol. The van der Waals surface area contributed by atoms with Crippen LogP contribution in [0.5, 0.6) is 0 Å². The zero-order chi connectivity index (χ0) is 13.3. The number of fused-ring (bicyclic) bond motifs is 1. The highest BCUT2D eigenvalue weighted by molar-refractivity contribution is 5.85. The molecule has 2 rings (SSSR count). The second-order valence-corrected chi connectivity index (χ2v) is 4.55. The number of nitro benzene ring substituents is 1. The van der Waals surface area contributed by atoms with Gasteiger partial charge in [0.25, 0.3) is 5.69 Å². The summed E-state index contributed by atoms with van der Waals surface area (Å²) < 4.78 is 4.75. The van der Waals surface area contributed by atoms with Crippen molar-refractivity contribution >= 4 is 17.3 Å². The highest BCUT2D eigenvalue weighted by Crippen LogP contribution is 2.33. The number of carbonyl (C=O) groups excluding carboxylic acids is 1. The molecule has 0 amide bonds. The molecule has 1 heterocycles. The number of rotatable bonds is 2. The first-order valence-electron chi connectivity index (χ1n) is 5.60. The number of anilines is 1. The van der Waals surface area contributed by atoms with Gasteiger partial charge in [0.1, 0.15) is 5.54 Å². The van der Waals surface area contributed by atoms with Crippen molar-refractivity contribution in [3.8, 4) is 0 Å². The van der Waals surface area contributed by atoms with Gasteiger partial charge in [0, 0.05) is 17.8 Å². The second-order valence-electron chi connectivity index (χ2n) is 4.55. The zero-order valence-corrected chi connectivity index (χ0v) is 10.2. The summed E-state index contributed by atoms with van der Waals surface area (Å²) in [5.41, 5.74) is 0.789. The number of carbonyl (C=O) groups is 1. The van der Waals surface area contributed by atoms with Crippen LogP contribution in [0.1, 0.15) is 18.9 Å². The molecule has 1 aromatic carbocycles. The summed E-state index contributed by atoms with van der Waals surface area (Å²) in [6.45, 7) is 1.74. The first-order valence-corrected chi connectivity index (χ1v) is 5.60. The van der Waals surface area contributed by atoms with Crippen molar-refractivity contribution in [2.24, 2.45) is 0 Å². The van der Waals surface area contributed by atoms with Crippen molar-refractivity contribution in [1.29, 1.82) is 0 Å². The van der Waals surface area contributed by atoms with E-state index in [1.807, 2.05) is 0 Å². The number of esters is 1. The minimum atomic E-state index is -0.822. The molecule has 0 radical (unpaired) electrons. The van der Waals surface area contributed by atoms with E-state index >= 15 is 0 Å². The van der Waals surface area contributed by atoms with Crippen LogP contribution >= 0.6 is 0 Å². The lowest BCUT2D eigenvalue weighted by Gasteiger charge is -2.34. The third-order valence-electron chi connectivity index (χ3n) is 3.25. The number of ether oxygens (including phenoxy) is 1. The Hall–Kier alpha value is -2.11. The number of aryl methyl sites for hydroxylation is 1. The van der Waals surface area contributed by atoms with Gasteiger partial charge in [-0.05, 0) is 25.3 Å². The highest BCUT2D eigenvalue weighted by atomic mass is 16.6. The van der Waals surface area contributed by atoms with Crippen molar-refractivity contribution in [3.05, 3.63) is 33.9 Å². The van der Waals surface area contributed by atoms with Gasteiger partial charge in [0.05, 0.1) is 12.0 Å². The van der Waals surface area contributed by atoms with Gasteiger partial charge in [-0.15, -0.1) is 0 Å². The van der Waals surface area contributed by atoms with Gasteiger partial charge in [0.15, 0.2) is 0 Å². The predicted molar refractivity (Wildman–Crippen MR) is 65.5 cm³/mol. The monoisotopic (exact) mass is 250 g/mol. The lowest BCUT2D eigenvalue weighted by atomic mass is 9.87. The first kappa shape index (κ1) is 12.3. The van der Waals surface area contributed by atoms with E-state index in [-0.39, 0.29) is 11.7 Å². The lowest BCUT2D eigenvalue weighted by Crippen LogP contribution is -2.46. The molecule has 6 heteroatoms. The van der Waals surface area contributed by atoms with Crippen molar-refractivity contribution in [2.45, 2.75) is 25.3 Å². The van der Waals surface area contributed by atoms with E-state index in [1.54, 1.807) is 13.0 Å². The fraction of sp³-hybridized carbons (Fsp3) is 0.417. The Labute approximate surface area is 104 Å². The van der Waals surface area contributed by atoms with Crippen LogP contribution in [-0.2, 0) is 16.0 Å². The van der Waals surface area contributed by atoms with Gasteiger partial charge in [-0.2, -0.15) is 0 Å². The number of hydrogen-bond donors (Lipinski definition) is 1. The number of non-ortho nitro benzene ring substituents is 1. The van der Waals surface area contributed by atoms with E-state index in [4.69, 9.17) is 4.74 Å². The molecule has 1 aliphatic heterocycles. The molecule has 1 unspecified atom stereocenters. The molecule has 1 N–H and O–H groups in total. The molecule has 0 saturated carbocycles. The van der Waals surface area contributed by atoms with Crippen molar-refractivity contribution in [2.75, 3.05) is 12.4 Å². The molecule has 0 bridgehead atoms. The second kappa shape index (κ2) is 4.29. The standard InChI is InChI=1S/C12H14N2O4/c1-12(11(15)18-2)6-5-8-3-4-9(14(16)17)7-10(8)13-12/h3-4,7,13H,5-6H2,1-2H3. The summed E-state index contributed by atoms with van der Waals surface area (Å²) in [5.74, 6) is -0.361. The topological polar surface area (TPSA) is 81.5 Å². The number of nitro groups is 1. The number of nitrogens with one attached hydrogen (secondary N) is 1. The Morgan fingerprint density at radius 1 is 1.56 bits per heavy atom. The molecule has 0 aromatic heterocycles. The van der Waals surface area contributed by atoms with Gasteiger partial charge < -0.3 is 10.1 Å². The molecule has 0 fully saturated rings. The van der Waals surface area contributed by atoms with Gasteiger partial charge in [-0.3, -0.25) is 10.1 Å². The minimum absolute atomic E-state index is 0.00960. The minimum Gasteiger partial charge on any atom is -0.467 e. The van der Waals surface area contributed by atoms with Crippen molar-refractivity contribution in [3.63, 3.8) is 0 Å². The van der Waals surface area contributed by atoms with Crippen LogP contribution in [0.15, 0.2) is 18.2 Å². The van der Waals surface area contributed by atoms with Crippen LogP contribution in [0.4, 0.5) is 11.4 Å². The largest absolute Gasteiger partial charge is 0.467 e. The Morgan fingerprint density at radius 2 is 2.28 bits per heavy atom. The molecule has 1 aliphatic rings. The summed E-state index contributed by atoms with van der Waals surface area (Å²) >= 11 is 0. The summed E-state index contributed by atoms with van der Waals surface area (Å²) in [4.78, 5) is 22.0. The Bertz CT molecular complexity index is 515. The molecule has 0 saturated heterocycles. The average Bonchev–Trinajstić information content (AvgIpc) is 2.36. The summed E-state index contributed by atoms with van der Waals surface area (Å²) in [6.07, 6.45) is 1.29.